The van der Waals surface area contributed by atoms with E-state index in [-0.39, 0.29) is 11.7 Å². The first kappa shape index (κ1) is 16.4. The van der Waals surface area contributed by atoms with Crippen molar-refractivity contribution in [1.82, 2.24) is 24.9 Å². The van der Waals surface area contributed by atoms with Crippen LogP contribution in [0.4, 0.5) is 0 Å². The second-order valence-corrected chi connectivity index (χ2v) is 7.67. The van der Waals surface area contributed by atoms with Crippen LogP contribution in [-0.2, 0) is 17.6 Å². The molecule has 3 aromatic heterocycles. The van der Waals surface area contributed by atoms with Crippen LogP contribution in [-0.4, -0.2) is 45.8 Å². The number of aromatic nitrogens is 4. The minimum absolute atomic E-state index is 0.190. The topological polar surface area (TPSA) is 81.4 Å². The number of thiophene rings is 1. The highest BCUT2D eigenvalue weighted by molar-refractivity contribution is 7.19. The molecule has 0 saturated carbocycles. The molecular weight excluding hydrogens is 338 g/mol. The molecule has 1 amide bonds. The van der Waals surface area contributed by atoms with Crippen LogP contribution in [0, 0.1) is 5.92 Å². The molecule has 132 valence electrons. The Morgan fingerprint density at radius 1 is 1.52 bits per heavy atom. The summed E-state index contributed by atoms with van der Waals surface area (Å²) in [5.74, 6) is 0.595. The molecule has 0 aromatic carbocycles. The molecule has 25 heavy (non-hydrogen) atoms. The van der Waals surface area contributed by atoms with Crippen molar-refractivity contribution < 1.29 is 9.53 Å². The number of ether oxygens (including phenoxy) is 1. The highest BCUT2D eigenvalue weighted by Crippen LogP contribution is 2.38. The minimum Gasteiger partial charge on any atom is -0.385 e. The second-order valence-electron chi connectivity index (χ2n) is 6.58. The van der Waals surface area contributed by atoms with Gasteiger partial charge in [-0.2, -0.15) is 0 Å². The third-order valence-corrected chi connectivity index (χ3v) is 5.84. The molecule has 3 aromatic rings. The van der Waals surface area contributed by atoms with E-state index in [0.29, 0.717) is 19.1 Å². The fourth-order valence-electron chi connectivity index (χ4n) is 3.34. The van der Waals surface area contributed by atoms with Gasteiger partial charge in [-0.05, 0) is 37.2 Å². The summed E-state index contributed by atoms with van der Waals surface area (Å²) in [6.45, 7) is 3.44. The number of nitrogens with zero attached hydrogens (tertiary/aromatic N) is 4. The van der Waals surface area contributed by atoms with E-state index in [2.05, 4.69) is 27.3 Å². The van der Waals surface area contributed by atoms with Gasteiger partial charge in [-0.25, -0.2) is 14.5 Å². The quantitative estimate of drug-likeness (QED) is 0.707. The highest BCUT2D eigenvalue weighted by Gasteiger charge is 2.24. The number of fused-ring (bicyclic) bond motifs is 5. The number of carbonyl (C=O) groups excluding carboxylic acids is 1. The number of methoxy groups -OCH3 is 1. The van der Waals surface area contributed by atoms with Gasteiger partial charge in [-0.1, -0.05) is 6.92 Å². The zero-order valence-corrected chi connectivity index (χ0v) is 15.2. The lowest BCUT2D eigenvalue weighted by Gasteiger charge is -2.17. The maximum absolute atomic E-state index is 12.3. The largest absolute Gasteiger partial charge is 0.385 e. The van der Waals surface area contributed by atoms with E-state index in [0.717, 1.165) is 35.1 Å². The van der Waals surface area contributed by atoms with Gasteiger partial charge < -0.3 is 10.1 Å². The molecule has 4 rings (SSSR count). The van der Waals surface area contributed by atoms with E-state index in [1.807, 2.05) is 0 Å². The first-order chi connectivity index (χ1) is 12.2. The number of carbonyl (C=O) groups is 1. The SMILES string of the molecule is COCCCNC(=O)c1nc2c3c4c(sc3ncn2n1)CC[C@@H](C)C4. The van der Waals surface area contributed by atoms with Crippen LogP contribution in [0.2, 0.25) is 0 Å². The molecule has 0 fully saturated rings. The Hall–Kier alpha value is -2.06. The molecule has 0 unspecified atom stereocenters. The standard InChI is InChI=1S/C17H21N5O2S/c1-10-4-5-12-11(8-10)13-15-20-14(16(23)18-6-3-7-24-2)21-22(15)9-19-17(13)25-12/h9-10H,3-8H2,1-2H3,(H,18,23)/t10-/m1/s1. The van der Waals surface area contributed by atoms with E-state index in [1.54, 1.807) is 29.3 Å². The van der Waals surface area contributed by atoms with Crippen LogP contribution in [0.25, 0.3) is 15.9 Å². The van der Waals surface area contributed by atoms with E-state index >= 15 is 0 Å². The Labute approximate surface area is 149 Å². The minimum atomic E-state index is -0.259. The van der Waals surface area contributed by atoms with Gasteiger partial charge in [0.25, 0.3) is 5.91 Å². The average molecular weight is 359 g/mol. The maximum Gasteiger partial charge on any atom is 0.290 e. The van der Waals surface area contributed by atoms with Gasteiger partial charge in [0.1, 0.15) is 11.2 Å². The fourth-order valence-corrected chi connectivity index (χ4v) is 4.52. The van der Waals surface area contributed by atoms with Gasteiger partial charge in [-0.3, -0.25) is 4.79 Å². The van der Waals surface area contributed by atoms with Gasteiger partial charge in [-0.15, -0.1) is 16.4 Å². The Bertz CT molecular complexity index is 932. The molecule has 8 heteroatoms. The zero-order chi connectivity index (χ0) is 17.4. The molecule has 1 atom stereocenters. The molecule has 1 aliphatic carbocycles. The average Bonchev–Trinajstić information content (AvgIpc) is 3.19. The third-order valence-electron chi connectivity index (χ3n) is 4.64. The molecule has 0 radical (unpaired) electrons. The molecule has 0 saturated heterocycles. The molecule has 3 heterocycles. The van der Waals surface area contributed by atoms with Gasteiger partial charge in [0.2, 0.25) is 5.82 Å². The Balaban J connectivity index is 1.69. The van der Waals surface area contributed by atoms with Crippen LogP contribution < -0.4 is 5.32 Å². The normalized spacial score (nSPS) is 17.1. The van der Waals surface area contributed by atoms with Gasteiger partial charge in [0.05, 0.1) is 5.39 Å². The summed E-state index contributed by atoms with van der Waals surface area (Å²) in [6, 6.07) is 0. The number of aryl methyl sites for hydroxylation is 1. The summed E-state index contributed by atoms with van der Waals surface area (Å²) in [5, 5.41) is 8.21. The van der Waals surface area contributed by atoms with E-state index in [1.165, 1.54) is 16.9 Å². The smallest absolute Gasteiger partial charge is 0.290 e. The zero-order valence-electron chi connectivity index (χ0n) is 14.4. The summed E-state index contributed by atoms with van der Waals surface area (Å²) in [7, 11) is 1.64. The lowest BCUT2D eigenvalue weighted by atomic mass is 9.89. The van der Waals surface area contributed by atoms with Gasteiger partial charge in [0, 0.05) is 25.1 Å². The summed E-state index contributed by atoms with van der Waals surface area (Å²) in [5.41, 5.74) is 2.08. The molecule has 7 nitrogen and oxygen atoms in total. The van der Waals surface area contributed by atoms with Crippen LogP contribution >= 0.6 is 11.3 Å². The number of hydrogen-bond donors (Lipinski definition) is 1. The molecule has 1 N–H and O–H groups in total. The monoisotopic (exact) mass is 359 g/mol. The Morgan fingerprint density at radius 3 is 3.24 bits per heavy atom. The van der Waals surface area contributed by atoms with Crippen molar-refractivity contribution >= 4 is 33.1 Å². The second kappa shape index (κ2) is 6.68. The Kier molecular flexibility index (Phi) is 4.39. The van der Waals surface area contributed by atoms with Crippen molar-refractivity contribution in [1.29, 1.82) is 0 Å². The van der Waals surface area contributed by atoms with E-state index in [4.69, 9.17) is 4.74 Å². The van der Waals surface area contributed by atoms with Gasteiger partial charge >= 0.3 is 0 Å². The summed E-state index contributed by atoms with van der Waals surface area (Å²) in [4.78, 5) is 23.7. The van der Waals surface area contributed by atoms with Crippen molar-refractivity contribution in [3.05, 3.63) is 22.6 Å². The molecular formula is C17H21N5O2S. The highest BCUT2D eigenvalue weighted by atomic mass is 32.1. The molecule has 0 aliphatic heterocycles. The van der Waals surface area contributed by atoms with Crippen LogP contribution in [0.15, 0.2) is 6.33 Å². The summed E-state index contributed by atoms with van der Waals surface area (Å²) in [6.07, 6.45) is 5.78. The molecule has 0 spiro atoms. The molecule has 1 aliphatic rings. The predicted molar refractivity (Wildman–Crippen MR) is 96.2 cm³/mol. The van der Waals surface area contributed by atoms with Crippen molar-refractivity contribution in [2.45, 2.75) is 32.6 Å². The lowest BCUT2D eigenvalue weighted by molar-refractivity contribution is 0.0938. The van der Waals surface area contributed by atoms with Crippen molar-refractivity contribution in [2.24, 2.45) is 5.92 Å². The summed E-state index contributed by atoms with van der Waals surface area (Å²) < 4.78 is 6.61. The maximum atomic E-state index is 12.3. The number of amides is 1. The number of nitrogens with one attached hydrogen (secondary N) is 1. The van der Waals surface area contributed by atoms with E-state index < -0.39 is 0 Å². The fraction of sp³-hybridized carbons (Fsp3) is 0.529. The van der Waals surface area contributed by atoms with Crippen molar-refractivity contribution in [2.75, 3.05) is 20.3 Å². The Morgan fingerprint density at radius 2 is 2.40 bits per heavy atom. The lowest BCUT2D eigenvalue weighted by Crippen LogP contribution is -2.26. The van der Waals surface area contributed by atoms with Crippen LogP contribution in [0.1, 0.15) is 40.8 Å². The van der Waals surface area contributed by atoms with E-state index in [9.17, 15) is 4.79 Å². The van der Waals surface area contributed by atoms with Crippen LogP contribution in [0.3, 0.4) is 0 Å². The van der Waals surface area contributed by atoms with Crippen LogP contribution in [0.5, 0.6) is 0 Å². The number of rotatable bonds is 5. The molecule has 0 bridgehead atoms. The first-order valence-electron chi connectivity index (χ1n) is 8.60. The predicted octanol–water partition coefficient (Wildman–Crippen LogP) is 2.23. The summed E-state index contributed by atoms with van der Waals surface area (Å²) >= 11 is 1.75. The van der Waals surface area contributed by atoms with Crippen molar-refractivity contribution in [3.63, 3.8) is 0 Å². The van der Waals surface area contributed by atoms with Crippen molar-refractivity contribution in [3.8, 4) is 0 Å². The third kappa shape index (κ3) is 3.00. The van der Waals surface area contributed by atoms with Gasteiger partial charge in [0.15, 0.2) is 5.65 Å². The first-order valence-corrected chi connectivity index (χ1v) is 9.41. The number of hydrogen-bond acceptors (Lipinski definition) is 6.